The molecule has 2 N–H and O–H groups in total. The summed E-state index contributed by atoms with van der Waals surface area (Å²) in [4.78, 5) is 11.8. The molecule has 0 saturated heterocycles. The van der Waals surface area contributed by atoms with Crippen molar-refractivity contribution in [3.63, 3.8) is 0 Å². The molecule has 1 atom stereocenters. The lowest BCUT2D eigenvalue weighted by atomic mass is 9.95. The molecule has 5 nitrogen and oxygen atoms in total. The number of allylic oxidation sites excluding steroid dienone is 2. The molecular formula is C24H49NO4Si. The molecular weight excluding hydrogens is 394 g/mol. The molecule has 0 aliphatic rings. The average molecular weight is 444 g/mol. The summed E-state index contributed by atoms with van der Waals surface area (Å²) in [6, 6.07) is 0.714. The van der Waals surface area contributed by atoms with Gasteiger partial charge in [0.05, 0.1) is 0 Å². The molecule has 0 spiro atoms. The number of nitrogens with two attached hydrogens (primary N) is 1. The molecule has 1 amide bonds. The fraction of sp³-hybridized carbons (Fsp3) is 0.875. The zero-order valence-electron chi connectivity index (χ0n) is 20.3. The molecule has 0 rings (SSSR count). The number of carbonyl (C=O) groups is 1. The van der Waals surface area contributed by atoms with Crippen molar-refractivity contribution in [1.82, 2.24) is 0 Å². The summed E-state index contributed by atoms with van der Waals surface area (Å²) >= 11 is 0. The molecule has 0 radical (unpaired) electrons. The largest absolute Gasteiger partial charge is 0.500 e. The Balaban J connectivity index is 3.75. The molecule has 0 fully saturated rings. The molecule has 1 unspecified atom stereocenters. The average Bonchev–Trinajstić information content (AvgIpc) is 2.75. The van der Waals surface area contributed by atoms with Crippen molar-refractivity contribution in [1.29, 1.82) is 0 Å². The fourth-order valence-corrected chi connectivity index (χ4v) is 5.58. The highest BCUT2D eigenvalue weighted by Crippen LogP contribution is 2.22. The molecule has 0 aromatic carbocycles. The Hall–Kier alpha value is -0.693. The van der Waals surface area contributed by atoms with Gasteiger partial charge in [-0.15, -0.1) is 0 Å². The number of unbranched alkanes of at least 4 members (excludes halogenated alkanes) is 10. The van der Waals surface area contributed by atoms with Crippen LogP contribution in [0.5, 0.6) is 0 Å². The number of hydrogen-bond acceptors (Lipinski definition) is 4. The first-order valence-electron chi connectivity index (χ1n) is 12.1. The molecule has 30 heavy (non-hydrogen) atoms. The Bertz CT molecular complexity index is 419. The van der Waals surface area contributed by atoms with Crippen LogP contribution in [0.15, 0.2) is 12.2 Å². The van der Waals surface area contributed by atoms with Crippen LogP contribution in [0.4, 0.5) is 0 Å². The number of carbonyl (C=O) groups excluding carboxylic acids is 1. The van der Waals surface area contributed by atoms with E-state index in [0.717, 1.165) is 25.7 Å². The lowest BCUT2D eigenvalue weighted by Gasteiger charge is -2.24. The van der Waals surface area contributed by atoms with E-state index in [9.17, 15) is 4.79 Å². The van der Waals surface area contributed by atoms with Crippen molar-refractivity contribution < 1.29 is 18.1 Å². The van der Waals surface area contributed by atoms with Gasteiger partial charge < -0.3 is 19.0 Å². The van der Waals surface area contributed by atoms with E-state index in [2.05, 4.69) is 19.1 Å². The van der Waals surface area contributed by atoms with Crippen molar-refractivity contribution >= 4 is 14.7 Å². The van der Waals surface area contributed by atoms with E-state index in [1.165, 1.54) is 70.6 Å². The molecule has 0 saturated carbocycles. The third-order valence-electron chi connectivity index (χ3n) is 5.94. The number of amides is 1. The van der Waals surface area contributed by atoms with Crippen molar-refractivity contribution in [3.05, 3.63) is 12.2 Å². The fourth-order valence-electron chi connectivity index (χ4n) is 3.83. The summed E-state index contributed by atoms with van der Waals surface area (Å²) in [7, 11) is 2.31. The minimum Gasteiger partial charge on any atom is -0.377 e. The van der Waals surface area contributed by atoms with E-state index in [-0.39, 0.29) is 11.8 Å². The smallest absolute Gasteiger partial charge is 0.377 e. The van der Waals surface area contributed by atoms with Crippen LogP contribution in [-0.4, -0.2) is 36.0 Å². The summed E-state index contributed by atoms with van der Waals surface area (Å²) in [6.07, 6.45) is 22.5. The van der Waals surface area contributed by atoms with Crippen molar-refractivity contribution in [2.24, 2.45) is 11.7 Å². The van der Waals surface area contributed by atoms with Gasteiger partial charge in [-0.05, 0) is 44.9 Å². The summed E-state index contributed by atoms with van der Waals surface area (Å²) in [5.74, 6) is -0.244. The van der Waals surface area contributed by atoms with E-state index >= 15 is 0 Å². The van der Waals surface area contributed by atoms with Gasteiger partial charge in [-0.1, -0.05) is 70.4 Å². The number of rotatable bonds is 22. The van der Waals surface area contributed by atoms with Crippen LogP contribution in [0, 0.1) is 5.92 Å². The predicted molar refractivity (Wildman–Crippen MR) is 128 cm³/mol. The Morgan fingerprint density at radius 2 is 1.23 bits per heavy atom. The predicted octanol–water partition coefficient (Wildman–Crippen LogP) is 6.39. The van der Waals surface area contributed by atoms with E-state index in [1.807, 2.05) is 0 Å². The normalized spacial score (nSPS) is 13.2. The van der Waals surface area contributed by atoms with Crippen molar-refractivity contribution in [2.75, 3.05) is 21.3 Å². The Morgan fingerprint density at radius 1 is 0.767 bits per heavy atom. The van der Waals surface area contributed by atoms with E-state index < -0.39 is 8.80 Å². The standard InChI is InChI=1S/C24H49NO4Si/c1-5-6-7-8-9-10-11-12-13-14-15-16-17-18-20-23(24(25)26)21-19-22-30(27-2,28-3)29-4/h12-13,23H,5-11,14-22H2,1-4H3,(H2,25,26). The monoisotopic (exact) mass is 443 g/mol. The summed E-state index contributed by atoms with van der Waals surface area (Å²) in [6.45, 7) is 2.26. The summed E-state index contributed by atoms with van der Waals surface area (Å²) < 4.78 is 16.3. The van der Waals surface area contributed by atoms with Gasteiger partial charge in [0.25, 0.3) is 0 Å². The molecule has 0 aromatic heterocycles. The minimum absolute atomic E-state index is 0.0560. The number of hydrogen-bond donors (Lipinski definition) is 1. The third-order valence-corrected chi connectivity index (χ3v) is 8.77. The quantitative estimate of drug-likeness (QED) is 0.119. The Morgan fingerprint density at radius 3 is 1.73 bits per heavy atom. The van der Waals surface area contributed by atoms with Crippen LogP contribution in [-0.2, 0) is 18.1 Å². The first kappa shape index (κ1) is 29.3. The second kappa shape index (κ2) is 20.2. The van der Waals surface area contributed by atoms with Crippen molar-refractivity contribution in [3.8, 4) is 0 Å². The zero-order chi connectivity index (χ0) is 22.5. The van der Waals surface area contributed by atoms with Crippen molar-refractivity contribution in [2.45, 2.75) is 109 Å². The first-order chi connectivity index (χ1) is 14.5. The molecule has 0 aromatic rings. The highest BCUT2D eigenvalue weighted by molar-refractivity contribution is 6.60. The second-order valence-corrected chi connectivity index (χ2v) is 11.4. The topological polar surface area (TPSA) is 70.8 Å². The maximum atomic E-state index is 11.8. The molecule has 6 heteroatoms. The van der Waals surface area contributed by atoms with Crippen LogP contribution in [0.3, 0.4) is 0 Å². The van der Waals surface area contributed by atoms with Gasteiger partial charge in [-0.2, -0.15) is 0 Å². The van der Waals surface area contributed by atoms with Gasteiger partial charge in [0, 0.05) is 33.3 Å². The van der Waals surface area contributed by atoms with Gasteiger partial charge in [-0.3, -0.25) is 4.79 Å². The van der Waals surface area contributed by atoms with Crippen LogP contribution >= 0.6 is 0 Å². The molecule has 0 aliphatic carbocycles. The first-order valence-corrected chi connectivity index (χ1v) is 14.1. The lowest BCUT2D eigenvalue weighted by molar-refractivity contribution is -0.122. The van der Waals surface area contributed by atoms with E-state index in [1.54, 1.807) is 21.3 Å². The summed E-state index contributed by atoms with van der Waals surface area (Å²) in [5.41, 5.74) is 5.61. The van der Waals surface area contributed by atoms with Gasteiger partial charge in [0.15, 0.2) is 0 Å². The van der Waals surface area contributed by atoms with Crippen LogP contribution in [0.2, 0.25) is 6.04 Å². The molecule has 0 heterocycles. The van der Waals surface area contributed by atoms with Gasteiger partial charge >= 0.3 is 8.80 Å². The van der Waals surface area contributed by atoms with Gasteiger partial charge in [-0.25, -0.2) is 0 Å². The lowest BCUT2D eigenvalue weighted by Crippen LogP contribution is -2.42. The maximum absolute atomic E-state index is 11.8. The number of primary amides is 1. The van der Waals surface area contributed by atoms with Crippen LogP contribution < -0.4 is 5.73 Å². The Labute approximate surface area is 187 Å². The van der Waals surface area contributed by atoms with Crippen LogP contribution in [0.1, 0.15) is 103 Å². The second-order valence-electron chi connectivity index (χ2n) is 8.31. The molecule has 0 bridgehead atoms. The Kier molecular flexibility index (Phi) is 19.8. The van der Waals surface area contributed by atoms with Gasteiger partial charge in [0.1, 0.15) is 0 Å². The molecule has 0 aliphatic heterocycles. The van der Waals surface area contributed by atoms with E-state index in [4.69, 9.17) is 19.0 Å². The highest BCUT2D eigenvalue weighted by Gasteiger charge is 2.37. The van der Waals surface area contributed by atoms with Gasteiger partial charge in [0.2, 0.25) is 5.91 Å². The summed E-state index contributed by atoms with van der Waals surface area (Å²) in [5, 5.41) is 0. The zero-order valence-corrected chi connectivity index (χ0v) is 21.3. The van der Waals surface area contributed by atoms with E-state index in [0.29, 0.717) is 6.04 Å². The van der Waals surface area contributed by atoms with Crippen LogP contribution in [0.25, 0.3) is 0 Å². The highest BCUT2D eigenvalue weighted by atomic mass is 28.4. The minimum atomic E-state index is -2.55. The SMILES string of the molecule is CCCCCCCCC=CCCCCCCC(CCC[Si](OC)(OC)OC)C(N)=O. The molecule has 178 valence electrons. The third kappa shape index (κ3) is 15.2. The maximum Gasteiger partial charge on any atom is 0.500 e.